The number of carbonyl (C=O) groups is 1. The molecule has 80 valence electrons. The molecule has 0 saturated heterocycles. The second-order valence-electron chi connectivity index (χ2n) is 5.36. The van der Waals surface area contributed by atoms with Crippen LogP contribution in [0.4, 0.5) is 0 Å². The molecule has 4 atom stereocenters. The van der Waals surface area contributed by atoms with Crippen molar-refractivity contribution in [1.29, 1.82) is 0 Å². The molecule has 2 aliphatic rings. The zero-order chi connectivity index (χ0) is 10.3. The maximum absolute atomic E-state index is 10.6. The number of carboxylic acid groups (broad SMARTS) is 1. The van der Waals surface area contributed by atoms with Crippen LogP contribution in [0.15, 0.2) is 0 Å². The van der Waals surface area contributed by atoms with Crippen molar-refractivity contribution in [2.24, 2.45) is 17.8 Å². The molecule has 2 N–H and O–H groups in total. The molecule has 0 amide bonds. The van der Waals surface area contributed by atoms with E-state index in [0.717, 1.165) is 25.7 Å². The first-order valence-corrected chi connectivity index (χ1v) is 5.40. The van der Waals surface area contributed by atoms with Crippen LogP contribution in [0.2, 0.25) is 0 Å². The number of aliphatic carboxylic acids is 1. The fraction of sp³-hybridized carbons (Fsp3) is 0.909. The Kier molecular flexibility index (Phi) is 2.30. The van der Waals surface area contributed by atoms with E-state index in [0.29, 0.717) is 24.2 Å². The third-order valence-electron chi connectivity index (χ3n) is 3.81. The van der Waals surface area contributed by atoms with Gasteiger partial charge in [0.1, 0.15) is 0 Å². The van der Waals surface area contributed by atoms with Crippen LogP contribution in [-0.2, 0) is 4.79 Å². The molecule has 0 bridgehead atoms. The van der Waals surface area contributed by atoms with Crippen LogP contribution in [0.1, 0.15) is 39.0 Å². The first kappa shape index (κ1) is 9.97. The van der Waals surface area contributed by atoms with E-state index >= 15 is 0 Å². The lowest BCUT2D eigenvalue weighted by Crippen LogP contribution is -2.20. The van der Waals surface area contributed by atoms with Crippen LogP contribution in [0.25, 0.3) is 0 Å². The van der Waals surface area contributed by atoms with Crippen LogP contribution in [0, 0.1) is 17.8 Å². The minimum atomic E-state index is -0.679. The zero-order valence-corrected chi connectivity index (χ0v) is 8.57. The van der Waals surface area contributed by atoms with Crippen molar-refractivity contribution in [2.75, 3.05) is 0 Å². The van der Waals surface area contributed by atoms with Gasteiger partial charge in [-0.3, -0.25) is 4.79 Å². The zero-order valence-electron chi connectivity index (χ0n) is 8.57. The van der Waals surface area contributed by atoms with Gasteiger partial charge in [0, 0.05) is 6.42 Å². The minimum Gasteiger partial charge on any atom is -0.481 e. The van der Waals surface area contributed by atoms with Crippen LogP contribution >= 0.6 is 0 Å². The third-order valence-corrected chi connectivity index (χ3v) is 3.81. The summed E-state index contributed by atoms with van der Waals surface area (Å²) in [4.78, 5) is 10.6. The summed E-state index contributed by atoms with van der Waals surface area (Å²) < 4.78 is 0. The predicted octanol–water partition coefficient (Wildman–Crippen LogP) is 1.65. The molecule has 2 saturated carbocycles. The van der Waals surface area contributed by atoms with Crippen molar-refractivity contribution in [3.63, 3.8) is 0 Å². The summed E-state index contributed by atoms with van der Waals surface area (Å²) in [7, 11) is 0. The summed E-state index contributed by atoms with van der Waals surface area (Å²) in [5.41, 5.74) is -0.483. The van der Waals surface area contributed by atoms with Gasteiger partial charge in [0.25, 0.3) is 0 Å². The van der Waals surface area contributed by atoms with Gasteiger partial charge in [0.2, 0.25) is 0 Å². The lowest BCUT2D eigenvalue weighted by atomic mass is 9.95. The highest BCUT2D eigenvalue weighted by molar-refractivity contribution is 5.67. The molecule has 0 heterocycles. The number of carboxylic acids is 1. The van der Waals surface area contributed by atoms with E-state index in [2.05, 4.69) is 0 Å². The average Bonchev–Trinajstić information content (AvgIpc) is 2.38. The Morgan fingerprint density at radius 1 is 1.36 bits per heavy atom. The van der Waals surface area contributed by atoms with Gasteiger partial charge in [-0.25, -0.2) is 0 Å². The first-order chi connectivity index (χ1) is 6.46. The molecule has 2 rings (SSSR count). The van der Waals surface area contributed by atoms with E-state index in [-0.39, 0.29) is 0 Å². The predicted molar refractivity (Wildman–Crippen MR) is 51.8 cm³/mol. The number of hydrogen-bond donors (Lipinski definition) is 2. The van der Waals surface area contributed by atoms with E-state index in [1.165, 1.54) is 0 Å². The summed E-state index contributed by atoms with van der Waals surface area (Å²) in [6, 6.07) is 0. The lowest BCUT2D eigenvalue weighted by Gasteiger charge is -2.18. The molecule has 0 spiro atoms. The van der Waals surface area contributed by atoms with Crippen molar-refractivity contribution in [1.82, 2.24) is 0 Å². The summed E-state index contributed by atoms with van der Waals surface area (Å²) in [5, 5.41) is 18.5. The fourth-order valence-electron chi connectivity index (χ4n) is 3.46. The van der Waals surface area contributed by atoms with E-state index in [9.17, 15) is 9.90 Å². The van der Waals surface area contributed by atoms with Gasteiger partial charge < -0.3 is 10.2 Å². The van der Waals surface area contributed by atoms with E-state index in [4.69, 9.17) is 5.11 Å². The van der Waals surface area contributed by atoms with E-state index < -0.39 is 11.6 Å². The molecule has 0 radical (unpaired) electrons. The molecule has 3 heteroatoms. The third kappa shape index (κ3) is 1.92. The number of fused-ring (bicyclic) bond motifs is 1. The standard InChI is InChI=1S/C11H18O3/c1-11(14)5-8-2-7(4-10(12)13)3-9(8)6-11/h7-9,14H,2-6H2,1H3,(H,12,13)/t7?,8-,9+,11?. The summed E-state index contributed by atoms with van der Waals surface area (Å²) in [6.45, 7) is 1.90. The average molecular weight is 198 g/mol. The molecule has 2 fully saturated rings. The van der Waals surface area contributed by atoms with Crippen LogP contribution in [0.3, 0.4) is 0 Å². The summed E-state index contributed by atoms with van der Waals surface area (Å²) in [5.74, 6) is 0.837. The van der Waals surface area contributed by atoms with Gasteiger partial charge in [-0.2, -0.15) is 0 Å². The Morgan fingerprint density at radius 2 is 1.86 bits per heavy atom. The quantitative estimate of drug-likeness (QED) is 0.709. The summed E-state index contributed by atoms with van der Waals surface area (Å²) >= 11 is 0. The second-order valence-corrected chi connectivity index (χ2v) is 5.36. The number of aliphatic hydroxyl groups is 1. The smallest absolute Gasteiger partial charge is 0.303 e. The Bertz CT molecular complexity index is 231. The summed E-state index contributed by atoms with van der Waals surface area (Å²) in [6.07, 6.45) is 4.07. The molecular weight excluding hydrogens is 180 g/mol. The molecule has 0 aromatic carbocycles. The normalized spacial score (nSPS) is 46.6. The van der Waals surface area contributed by atoms with Gasteiger partial charge in [-0.05, 0) is 50.4 Å². The molecule has 2 aliphatic carbocycles. The molecule has 14 heavy (non-hydrogen) atoms. The Hall–Kier alpha value is -0.570. The largest absolute Gasteiger partial charge is 0.481 e. The molecule has 2 unspecified atom stereocenters. The monoisotopic (exact) mass is 198 g/mol. The minimum absolute atomic E-state index is 0.315. The molecule has 0 aromatic rings. The second kappa shape index (κ2) is 3.23. The highest BCUT2D eigenvalue weighted by atomic mass is 16.4. The van der Waals surface area contributed by atoms with Gasteiger partial charge in [-0.1, -0.05) is 0 Å². The fourth-order valence-corrected chi connectivity index (χ4v) is 3.46. The highest BCUT2D eigenvalue weighted by Gasteiger charge is 2.46. The van der Waals surface area contributed by atoms with Crippen molar-refractivity contribution < 1.29 is 15.0 Å². The van der Waals surface area contributed by atoms with Crippen molar-refractivity contribution >= 4 is 5.97 Å². The molecular formula is C11H18O3. The van der Waals surface area contributed by atoms with E-state index in [1.54, 1.807) is 0 Å². The number of rotatable bonds is 2. The Morgan fingerprint density at radius 3 is 2.29 bits per heavy atom. The van der Waals surface area contributed by atoms with Gasteiger partial charge >= 0.3 is 5.97 Å². The molecule has 0 aromatic heterocycles. The SMILES string of the molecule is CC1(O)C[C@H]2CC(CC(=O)O)C[C@H]2C1. The highest BCUT2D eigenvalue weighted by Crippen LogP contribution is 2.51. The topological polar surface area (TPSA) is 57.5 Å². The maximum Gasteiger partial charge on any atom is 0.303 e. The molecule has 3 nitrogen and oxygen atoms in total. The van der Waals surface area contributed by atoms with Crippen molar-refractivity contribution in [3.05, 3.63) is 0 Å². The van der Waals surface area contributed by atoms with Crippen LogP contribution in [0.5, 0.6) is 0 Å². The van der Waals surface area contributed by atoms with Crippen LogP contribution in [-0.4, -0.2) is 21.8 Å². The van der Waals surface area contributed by atoms with Crippen LogP contribution < -0.4 is 0 Å². The molecule has 0 aliphatic heterocycles. The number of hydrogen-bond acceptors (Lipinski definition) is 2. The Balaban J connectivity index is 1.90. The van der Waals surface area contributed by atoms with Gasteiger partial charge in [-0.15, -0.1) is 0 Å². The Labute approximate surface area is 84.1 Å². The van der Waals surface area contributed by atoms with Crippen molar-refractivity contribution in [2.45, 2.75) is 44.6 Å². The first-order valence-electron chi connectivity index (χ1n) is 5.40. The van der Waals surface area contributed by atoms with Gasteiger partial charge in [0.05, 0.1) is 5.60 Å². The van der Waals surface area contributed by atoms with E-state index in [1.807, 2.05) is 6.92 Å². The van der Waals surface area contributed by atoms with Gasteiger partial charge in [0.15, 0.2) is 0 Å². The lowest BCUT2D eigenvalue weighted by molar-refractivity contribution is -0.138. The maximum atomic E-state index is 10.6. The van der Waals surface area contributed by atoms with Crippen molar-refractivity contribution in [3.8, 4) is 0 Å².